The molecule has 4 N–H and O–H groups in total. The maximum Gasteiger partial charge on any atom is 0.254 e. The van der Waals surface area contributed by atoms with E-state index in [0.29, 0.717) is 24.3 Å². The van der Waals surface area contributed by atoms with Crippen molar-refractivity contribution in [3.8, 4) is 0 Å². The maximum atomic E-state index is 12.1. The van der Waals surface area contributed by atoms with E-state index in [0.717, 1.165) is 5.56 Å². The number of amides is 1. The molecule has 0 aliphatic rings. The van der Waals surface area contributed by atoms with E-state index in [1.165, 1.54) is 6.26 Å². The van der Waals surface area contributed by atoms with Gasteiger partial charge in [-0.25, -0.2) is 0 Å². The summed E-state index contributed by atoms with van der Waals surface area (Å²) >= 11 is 0. The van der Waals surface area contributed by atoms with Gasteiger partial charge in [-0.15, -0.1) is 12.4 Å². The van der Waals surface area contributed by atoms with Gasteiger partial charge in [0.25, 0.3) is 5.91 Å². The molecule has 2 atom stereocenters. The summed E-state index contributed by atoms with van der Waals surface area (Å²) in [5, 5.41) is 12.5. The van der Waals surface area contributed by atoms with Crippen molar-refractivity contribution in [2.75, 3.05) is 6.54 Å². The Bertz CT molecular complexity index is 599. The lowest BCUT2D eigenvalue weighted by Crippen LogP contribution is -2.29. The van der Waals surface area contributed by atoms with Gasteiger partial charge < -0.3 is 20.6 Å². The SMILES string of the molecule is CC(O)CC(CNC(=O)c1coc(CN)c1)c1ccccc1.Cl. The van der Waals surface area contributed by atoms with Crippen LogP contribution >= 0.6 is 12.4 Å². The molecule has 1 heterocycles. The van der Waals surface area contributed by atoms with E-state index in [9.17, 15) is 9.90 Å². The summed E-state index contributed by atoms with van der Waals surface area (Å²) in [5.41, 5.74) is 7.02. The molecule has 1 amide bonds. The molecule has 2 aromatic rings. The van der Waals surface area contributed by atoms with Crippen molar-refractivity contribution < 1.29 is 14.3 Å². The lowest BCUT2D eigenvalue weighted by molar-refractivity contribution is 0.0945. The smallest absolute Gasteiger partial charge is 0.254 e. The number of aliphatic hydroxyl groups excluding tert-OH is 1. The van der Waals surface area contributed by atoms with Crippen molar-refractivity contribution >= 4 is 18.3 Å². The summed E-state index contributed by atoms with van der Waals surface area (Å²) in [5.74, 6) is 0.440. The van der Waals surface area contributed by atoms with Crippen molar-refractivity contribution in [1.29, 1.82) is 0 Å². The average Bonchev–Trinajstić information content (AvgIpc) is 3.01. The highest BCUT2D eigenvalue weighted by Gasteiger charge is 2.16. The van der Waals surface area contributed by atoms with Crippen LogP contribution in [0.25, 0.3) is 0 Å². The standard InChI is InChI=1S/C17H22N2O3.ClH/c1-12(20)7-14(13-5-3-2-4-6-13)10-19-17(21)15-8-16(9-18)22-11-15;/h2-6,8,11-12,14,20H,7,9-10,18H2,1H3,(H,19,21);1H. The number of halogens is 1. The second-order valence-corrected chi connectivity index (χ2v) is 5.41. The molecule has 2 unspecified atom stereocenters. The van der Waals surface area contributed by atoms with Gasteiger partial charge in [-0.2, -0.15) is 0 Å². The molecule has 1 aromatic carbocycles. The minimum Gasteiger partial charge on any atom is -0.467 e. The van der Waals surface area contributed by atoms with Gasteiger partial charge >= 0.3 is 0 Å². The summed E-state index contributed by atoms with van der Waals surface area (Å²) in [4.78, 5) is 12.1. The Labute approximate surface area is 142 Å². The van der Waals surface area contributed by atoms with Gasteiger partial charge in [-0.1, -0.05) is 30.3 Å². The molecule has 5 nitrogen and oxygen atoms in total. The number of rotatable bonds is 7. The van der Waals surface area contributed by atoms with Crippen LogP contribution in [0, 0.1) is 0 Å². The number of carbonyl (C=O) groups is 1. The van der Waals surface area contributed by atoms with Crippen molar-refractivity contribution in [3.05, 3.63) is 59.5 Å². The first-order valence-corrected chi connectivity index (χ1v) is 7.38. The number of nitrogens with two attached hydrogens (primary N) is 1. The minimum atomic E-state index is -0.431. The predicted octanol–water partition coefficient (Wildman–Crippen LogP) is 2.44. The summed E-state index contributed by atoms with van der Waals surface area (Å²) in [6.07, 6.45) is 1.56. The molecule has 1 aromatic heterocycles. The highest BCUT2D eigenvalue weighted by atomic mass is 35.5. The lowest BCUT2D eigenvalue weighted by Gasteiger charge is -2.19. The molecule has 0 saturated carbocycles. The van der Waals surface area contributed by atoms with E-state index in [1.54, 1.807) is 13.0 Å². The third kappa shape index (κ3) is 5.71. The first-order valence-electron chi connectivity index (χ1n) is 7.38. The monoisotopic (exact) mass is 338 g/mol. The van der Waals surface area contributed by atoms with Crippen molar-refractivity contribution in [2.24, 2.45) is 5.73 Å². The first kappa shape index (κ1) is 19.2. The molecule has 0 aliphatic carbocycles. The van der Waals surface area contributed by atoms with Crippen molar-refractivity contribution in [1.82, 2.24) is 5.32 Å². The molecular weight excluding hydrogens is 316 g/mol. The van der Waals surface area contributed by atoms with Gasteiger partial charge in [0.05, 0.1) is 18.2 Å². The topological polar surface area (TPSA) is 88.5 Å². The fourth-order valence-electron chi connectivity index (χ4n) is 2.40. The zero-order valence-corrected chi connectivity index (χ0v) is 13.9. The van der Waals surface area contributed by atoms with E-state index in [4.69, 9.17) is 10.2 Å². The van der Waals surface area contributed by atoms with Crippen LogP contribution in [0.5, 0.6) is 0 Å². The molecule has 6 heteroatoms. The zero-order valence-electron chi connectivity index (χ0n) is 13.1. The van der Waals surface area contributed by atoms with Crippen LogP contribution in [0.2, 0.25) is 0 Å². The molecule has 0 spiro atoms. The quantitative estimate of drug-likeness (QED) is 0.723. The lowest BCUT2D eigenvalue weighted by atomic mass is 9.93. The Morgan fingerprint density at radius 3 is 2.61 bits per heavy atom. The largest absolute Gasteiger partial charge is 0.467 e. The van der Waals surface area contributed by atoms with E-state index in [1.807, 2.05) is 30.3 Å². The van der Waals surface area contributed by atoms with Crippen LogP contribution in [0.3, 0.4) is 0 Å². The van der Waals surface area contributed by atoms with E-state index < -0.39 is 6.10 Å². The zero-order chi connectivity index (χ0) is 15.9. The summed E-state index contributed by atoms with van der Waals surface area (Å²) < 4.78 is 5.17. The molecular formula is C17H23ClN2O3. The van der Waals surface area contributed by atoms with E-state index in [-0.39, 0.29) is 30.8 Å². The maximum absolute atomic E-state index is 12.1. The molecule has 23 heavy (non-hydrogen) atoms. The first-order chi connectivity index (χ1) is 10.6. The number of benzene rings is 1. The Morgan fingerprint density at radius 2 is 2.04 bits per heavy atom. The molecule has 0 bridgehead atoms. The highest BCUT2D eigenvalue weighted by Crippen LogP contribution is 2.20. The van der Waals surface area contributed by atoms with Crippen molar-refractivity contribution in [2.45, 2.75) is 31.9 Å². The summed E-state index contributed by atoms with van der Waals surface area (Å²) in [6.45, 7) is 2.47. The van der Waals surface area contributed by atoms with Gasteiger partial charge in [0, 0.05) is 12.5 Å². The molecule has 2 rings (SSSR count). The average molecular weight is 339 g/mol. The number of hydrogen-bond acceptors (Lipinski definition) is 4. The van der Waals surface area contributed by atoms with E-state index in [2.05, 4.69) is 5.32 Å². The molecule has 0 aliphatic heterocycles. The predicted molar refractivity (Wildman–Crippen MR) is 91.7 cm³/mol. The normalized spacial score (nSPS) is 13.0. The van der Waals surface area contributed by atoms with Crippen LogP contribution in [-0.4, -0.2) is 23.7 Å². The van der Waals surface area contributed by atoms with Crippen LogP contribution in [0.1, 0.15) is 40.9 Å². The molecule has 126 valence electrons. The Balaban J connectivity index is 0.00000264. The fourth-order valence-corrected chi connectivity index (χ4v) is 2.40. The Hall–Kier alpha value is -1.82. The number of hydrogen-bond donors (Lipinski definition) is 3. The second-order valence-electron chi connectivity index (χ2n) is 5.41. The minimum absolute atomic E-state index is 0. The van der Waals surface area contributed by atoms with Gasteiger partial charge in [-0.3, -0.25) is 4.79 Å². The third-order valence-electron chi connectivity index (χ3n) is 3.52. The van der Waals surface area contributed by atoms with Crippen LogP contribution in [0.15, 0.2) is 47.1 Å². The van der Waals surface area contributed by atoms with Gasteiger partial charge in [0.2, 0.25) is 0 Å². The third-order valence-corrected chi connectivity index (χ3v) is 3.52. The summed E-state index contributed by atoms with van der Waals surface area (Å²) in [6, 6.07) is 11.5. The molecule has 0 fully saturated rings. The second kappa shape index (κ2) is 9.35. The van der Waals surface area contributed by atoms with Crippen molar-refractivity contribution in [3.63, 3.8) is 0 Å². The number of furan rings is 1. The number of aliphatic hydroxyl groups is 1. The number of nitrogens with one attached hydrogen (secondary N) is 1. The Morgan fingerprint density at radius 1 is 1.35 bits per heavy atom. The summed E-state index contributed by atoms with van der Waals surface area (Å²) in [7, 11) is 0. The Kier molecular flexibility index (Phi) is 7.81. The van der Waals surface area contributed by atoms with Crippen LogP contribution < -0.4 is 11.1 Å². The molecule has 0 radical (unpaired) electrons. The van der Waals surface area contributed by atoms with Crippen LogP contribution in [0.4, 0.5) is 0 Å². The van der Waals surface area contributed by atoms with Crippen LogP contribution in [-0.2, 0) is 6.54 Å². The van der Waals surface area contributed by atoms with E-state index >= 15 is 0 Å². The van der Waals surface area contributed by atoms with Gasteiger partial charge in [0.15, 0.2) is 0 Å². The van der Waals surface area contributed by atoms with Gasteiger partial charge in [0.1, 0.15) is 12.0 Å². The number of carbonyl (C=O) groups excluding carboxylic acids is 1. The molecule has 0 saturated heterocycles. The van der Waals surface area contributed by atoms with Gasteiger partial charge in [-0.05, 0) is 25.0 Å². The fraction of sp³-hybridized carbons (Fsp3) is 0.353. The highest BCUT2D eigenvalue weighted by molar-refractivity contribution is 5.94.